The number of carbonyl (C=O) groups is 1. The second-order valence-electron chi connectivity index (χ2n) is 7.05. The number of benzene rings is 2. The van der Waals surface area contributed by atoms with E-state index < -0.39 is 0 Å². The highest BCUT2D eigenvalue weighted by atomic mass is 35.5. The third-order valence-electron chi connectivity index (χ3n) is 5.59. The van der Waals surface area contributed by atoms with Crippen molar-refractivity contribution >= 4 is 23.1 Å². The maximum Gasteiger partial charge on any atom is 0.261 e. The van der Waals surface area contributed by atoms with E-state index in [4.69, 9.17) is 16.3 Å². The molecule has 0 unspecified atom stereocenters. The summed E-state index contributed by atoms with van der Waals surface area (Å²) in [6, 6.07) is 17.7. The van der Waals surface area contributed by atoms with Crippen LogP contribution < -0.4 is 0 Å². The third-order valence-corrected chi connectivity index (χ3v) is 5.83. The summed E-state index contributed by atoms with van der Waals surface area (Å²) in [5.74, 6) is 0.735. The first kappa shape index (κ1) is 17.2. The lowest BCUT2D eigenvalue weighted by Crippen LogP contribution is -2.51. The average molecular weight is 368 g/mol. The molecule has 0 N–H and O–H groups in total. The fraction of sp³-hybridized carbons (Fsp3) is 0.318. The quantitative estimate of drug-likeness (QED) is 0.731. The fourth-order valence-electron chi connectivity index (χ4n) is 4.28. The maximum absolute atomic E-state index is 13.5. The minimum atomic E-state index is -0.345. The van der Waals surface area contributed by atoms with Crippen LogP contribution in [0.1, 0.15) is 43.7 Å². The Kier molecular flexibility index (Phi) is 4.49. The summed E-state index contributed by atoms with van der Waals surface area (Å²) in [7, 11) is 0. The van der Waals surface area contributed by atoms with E-state index in [1.807, 2.05) is 60.4 Å². The molecule has 1 saturated carbocycles. The zero-order chi connectivity index (χ0) is 18.1. The first-order chi connectivity index (χ1) is 12.6. The van der Waals surface area contributed by atoms with Crippen molar-refractivity contribution in [3.8, 4) is 0 Å². The lowest BCUT2D eigenvalue weighted by atomic mass is 9.85. The molecule has 134 valence electrons. The van der Waals surface area contributed by atoms with Gasteiger partial charge in [-0.2, -0.15) is 0 Å². The number of allylic oxidation sites excluding steroid dienone is 1. The molecule has 0 saturated heterocycles. The highest BCUT2D eigenvalue weighted by molar-refractivity contribution is 6.30. The average Bonchev–Trinajstić information content (AvgIpc) is 3.13. The molecule has 1 aliphatic carbocycles. The van der Waals surface area contributed by atoms with Crippen LogP contribution in [0.5, 0.6) is 0 Å². The molecule has 0 aromatic heterocycles. The number of halogens is 1. The van der Waals surface area contributed by atoms with E-state index in [1.165, 1.54) is 0 Å². The number of hydrogen-bond acceptors (Lipinski definition) is 2. The molecule has 2 aromatic rings. The fourth-order valence-corrected chi connectivity index (χ4v) is 4.47. The number of nitrogens with zero attached hydrogens (tertiary/aromatic N) is 1. The van der Waals surface area contributed by atoms with Gasteiger partial charge in [0.2, 0.25) is 0 Å². The van der Waals surface area contributed by atoms with E-state index in [1.54, 1.807) is 0 Å². The number of rotatable bonds is 3. The minimum absolute atomic E-state index is 0.0434. The molecule has 0 spiro atoms. The van der Waals surface area contributed by atoms with Crippen molar-refractivity contribution in [3.05, 3.63) is 76.5 Å². The van der Waals surface area contributed by atoms with Gasteiger partial charge in [0.15, 0.2) is 6.73 Å². The maximum atomic E-state index is 13.5. The van der Waals surface area contributed by atoms with Crippen molar-refractivity contribution in [1.29, 1.82) is 0 Å². The molecular formula is C22H22ClNO2. The van der Waals surface area contributed by atoms with E-state index in [0.717, 1.165) is 36.8 Å². The van der Waals surface area contributed by atoms with Gasteiger partial charge in [0.25, 0.3) is 5.91 Å². The van der Waals surface area contributed by atoms with Gasteiger partial charge in [0, 0.05) is 5.02 Å². The molecule has 1 heterocycles. The second-order valence-corrected chi connectivity index (χ2v) is 7.49. The van der Waals surface area contributed by atoms with Crippen LogP contribution in [0.4, 0.5) is 0 Å². The first-order valence-electron chi connectivity index (χ1n) is 9.09. The van der Waals surface area contributed by atoms with Crippen molar-refractivity contribution in [1.82, 2.24) is 4.90 Å². The van der Waals surface area contributed by atoms with Crippen LogP contribution in [0.15, 0.2) is 60.4 Å². The zero-order valence-corrected chi connectivity index (χ0v) is 15.6. The van der Waals surface area contributed by atoms with E-state index in [-0.39, 0.29) is 18.2 Å². The molecule has 2 aromatic carbocycles. The predicted octanol–water partition coefficient (Wildman–Crippen LogP) is 5.36. The molecule has 26 heavy (non-hydrogen) atoms. The van der Waals surface area contributed by atoms with E-state index in [9.17, 15) is 4.79 Å². The largest absolute Gasteiger partial charge is 0.477 e. The van der Waals surface area contributed by atoms with E-state index in [0.29, 0.717) is 16.4 Å². The van der Waals surface area contributed by atoms with Gasteiger partial charge in [0.1, 0.15) is 5.76 Å². The topological polar surface area (TPSA) is 29.5 Å². The van der Waals surface area contributed by atoms with Crippen molar-refractivity contribution in [2.45, 2.75) is 38.1 Å². The molecule has 3 nitrogen and oxygen atoms in total. The van der Waals surface area contributed by atoms with Gasteiger partial charge >= 0.3 is 0 Å². The standard InChI is InChI=1S/C22H22ClNO2/c1-16-20(17-8-3-2-4-9-17)21(25)24(15-26-16)22(12-5-6-13-22)18-10-7-11-19(23)14-18/h2-4,7-11,14H,5-6,12-13,15H2,1H3. The van der Waals surface area contributed by atoms with Crippen molar-refractivity contribution in [3.63, 3.8) is 0 Å². The summed E-state index contributed by atoms with van der Waals surface area (Å²) in [4.78, 5) is 15.5. The van der Waals surface area contributed by atoms with Crippen LogP contribution >= 0.6 is 11.6 Å². The monoisotopic (exact) mass is 367 g/mol. The van der Waals surface area contributed by atoms with Gasteiger partial charge in [-0.3, -0.25) is 9.69 Å². The lowest BCUT2D eigenvalue weighted by molar-refractivity contribution is -0.141. The zero-order valence-electron chi connectivity index (χ0n) is 14.9. The molecule has 0 bridgehead atoms. The number of ether oxygens (including phenoxy) is 1. The van der Waals surface area contributed by atoms with Crippen molar-refractivity contribution < 1.29 is 9.53 Å². The second kappa shape index (κ2) is 6.81. The number of carbonyl (C=O) groups excluding carboxylic acids is 1. The van der Waals surface area contributed by atoms with Gasteiger partial charge in [-0.05, 0) is 43.0 Å². The molecule has 0 radical (unpaired) electrons. The van der Waals surface area contributed by atoms with Crippen molar-refractivity contribution in [2.24, 2.45) is 0 Å². The van der Waals surface area contributed by atoms with Gasteiger partial charge in [0.05, 0.1) is 11.1 Å². The Morgan fingerprint density at radius 3 is 2.46 bits per heavy atom. The van der Waals surface area contributed by atoms with Crippen LogP contribution in [0.3, 0.4) is 0 Å². The molecule has 1 fully saturated rings. The van der Waals surface area contributed by atoms with E-state index >= 15 is 0 Å². The van der Waals surface area contributed by atoms with Gasteiger partial charge in [-0.15, -0.1) is 0 Å². The van der Waals surface area contributed by atoms with Crippen molar-refractivity contribution in [2.75, 3.05) is 6.73 Å². The number of amides is 1. The lowest BCUT2D eigenvalue weighted by Gasteiger charge is -2.44. The molecule has 4 heteroatoms. The molecule has 0 atom stereocenters. The van der Waals surface area contributed by atoms with Crippen LogP contribution in [-0.4, -0.2) is 17.5 Å². The van der Waals surface area contributed by atoms with Gasteiger partial charge in [-0.1, -0.05) is 66.9 Å². The Morgan fingerprint density at radius 1 is 1.04 bits per heavy atom. The summed E-state index contributed by atoms with van der Waals surface area (Å²) in [5.41, 5.74) is 2.32. The first-order valence-corrected chi connectivity index (χ1v) is 9.47. The SMILES string of the molecule is CC1=C(c2ccccc2)C(=O)N(C2(c3cccc(Cl)c3)CCCC2)CO1. The molecule has 1 amide bonds. The smallest absolute Gasteiger partial charge is 0.261 e. The molecule has 1 aliphatic heterocycles. The van der Waals surface area contributed by atoms with Gasteiger partial charge < -0.3 is 4.74 Å². The summed E-state index contributed by atoms with van der Waals surface area (Å²) >= 11 is 6.26. The van der Waals surface area contributed by atoms with Crippen LogP contribution in [0.25, 0.3) is 5.57 Å². The summed E-state index contributed by atoms with van der Waals surface area (Å²) in [6.45, 7) is 2.16. The summed E-state index contributed by atoms with van der Waals surface area (Å²) in [6.07, 6.45) is 4.06. The Labute approximate surface area is 159 Å². The predicted molar refractivity (Wildman–Crippen MR) is 103 cm³/mol. The van der Waals surface area contributed by atoms with Crippen LogP contribution in [-0.2, 0) is 15.1 Å². The van der Waals surface area contributed by atoms with Gasteiger partial charge in [-0.25, -0.2) is 0 Å². The highest BCUT2D eigenvalue weighted by Crippen LogP contribution is 2.46. The minimum Gasteiger partial charge on any atom is -0.477 e. The van der Waals surface area contributed by atoms with Crippen LogP contribution in [0.2, 0.25) is 5.02 Å². The Balaban J connectivity index is 1.78. The summed E-state index contributed by atoms with van der Waals surface area (Å²) < 4.78 is 5.97. The molecular weight excluding hydrogens is 346 g/mol. The van der Waals surface area contributed by atoms with E-state index in [2.05, 4.69) is 6.07 Å². The molecule has 4 rings (SSSR count). The Morgan fingerprint density at radius 2 is 1.77 bits per heavy atom. The molecule has 2 aliphatic rings. The summed E-state index contributed by atoms with van der Waals surface area (Å²) in [5, 5.41) is 0.703. The highest BCUT2D eigenvalue weighted by Gasteiger charge is 2.46. The number of hydrogen-bond donors (Lipinski definition) is 0. The Hall–Kier alpha value is -2.26. The van der Waals surface area contributed by atoms with Crippen LogP contribution in [0, 0.1) is 0 Å². The Bertz CT molecular complexity index is 853. The normalized spacial score (nSPS) is 19.6. The third kappa shape index (κ3) is 2.80.